The summed E-state index contributed by atoms with van der Waals surface area (Å²) in [7, 11) is 2.04. The van der Waals surface area contributed by atoms with Gasteiger partial charge in [-0.3, -0.25) is 0 Å². The Hall–Kier alpha value is -1.08. The molecular weight excluding hydrogens is 278 g/mol. The van der Waals surface area contributed by atoms with Crippen LogP contribution in [0.5, 0.6) is 0 Å². The molecule has 0 aromatic carbocycles. The van der Waals surface area contributed by atoms with Crippen LogP contribution in [0.15, 0.2) is 47.1 Å². The molecule has 0 aliphatic carbocycles. The minimum absolute atomic E-state index is 0.732. The molecule has 0 aromatic heterocycles. The smallest absolute Gasteiger partial charge is 0.00204 e. The largest absolute Gasteiger partial charge is 0.319 e. The number of nitrogens with one attached hydrogen (secondary N) is 1. The standard InChI is InChI=1S/C22H39N/c1-7-12-15-22(21(10-4)11-5)16-13-14-19(8-2)17-20(9-3)18-23-6/h7-8,12-14,20,23H,9-11,15-18H2,1-6H3/b12-7-,14-13-,19-8+. The Morgan fingerprint density at radius 3 is 2.09 bits per heavy atom. The molecule has 132 valence electrons. The second-order valence-electron chi connectivity index (χ2n) is 6.19. The predicted molar refractivity (Wildman–Crippen MR) is 107 cm³/mol. The van der Waals surface area contributed by atoms with Crippen molar-refractivity contribution in [2.75, 3.05) is 13.6 Å². The molecule has 1 N–H and O–H groups in total. The van der Waals surface area contributed by atoms with E-state index in [9.17, 15) is 0 Å². The average molecular weight is 318 g/mol. The Bertz CT molecular complexity index is 404. The van der Waals surface area contributed by atoms with Crippen molar-refractivity contribution in [1.29, 1.82) is 0 Å². The SMILES string of the molecule is C/C=C\CC(C/C=C\C(=C/C)CC(CC)CNC)=C(CC)CC. The van der Waals surface area contributed by atoms with E-state index in [4.69, 9.17) is 0 Å². The molecule has 0 heterocycles. The molecule has 0 saturated carbocycles. The highest BCUT2D eigenvalue weighted by Gasteiger charge is 2.06. The Morgan fingerprint density at radius 2 is 1.61 bits per heavy atom. The fourth-order valence-corrected chi connectivity index (χ4v) is 3.00. The van der Waals surface area contributed by atoms with Crippen LogP contribution < -0.4 is 5.32 Å². The van der Waals surface area contributed by atoms with Crippen LogP contribution in [-0.4, -0.2) is 13.6 Å². The van der Waals surface area contributed by atoms with Crippen LogP contribution in [0.4, 0.5) is 0 Å². The molecule has 23 heavy (non-hydrogen) atoms. The molecule has 0 rings (SSSR count). The lowest BCUT2D eigenvalue weighted by atomic mass is 9.94. The highest BCUT2D eigenvalue weighted by atomic mass is 14.8. The molecule has 0 aliphatic rings. The van der Waals surface area contributed by atoms with Crippen LogP contribution in [0.1, 0.15) is 73.1 Å². The summed E-state index contributed by atoms with van der Waals surface area (Å²) in [6.45, 7) is 12.2. The summed E-state index contributed by atoms with van der Waals surface area (Å²) in [5.74, 6) is 0.732. The van der Waals surface area contributed by atoms with Gasteiger partial charge in [-0.25, -0.2) is 0 Å². The zero-order chi connectivity index (χ0) is 17.5. The van der Waals surface area contributed by atoms with E-state index in [2.05, 4.69) is 70.3 Å². The van der Waals surface area contributed by atoms with E-state index in [0.717, 1.165) is 25.3 Å². The Morgan fingerprint density at radius 1 is 0.957 bits per heavy atom. The maximum Gasteiger partial charge on any atom is -0.00204 e. The van der Waals surface area contributed by atoms with Crippen molar-refractivity contribution >= 4 is 0 Å². The Balaban J connectivity index is 4.85. The number of hydrogen-bond donors (Lipinski definition) is 1. The third kappa shape index (κ3) is 9.61. The summed E-state index contributed by atoms with van der Waals surface area (Å²) in [5, 5.41) is 3.31. The first-order valence-electron chi connectivity index (χ1n) is 9.43. The second-order valence-corrected chi connectivity index (χ2v) is 6.19. The van der Waals surface area contributed by atoms with Gasteiger partial charge in [0.15, 0.2) is 0 Å². The van der Waals surface area contributed by atoms with Crippen LogP contribution in [0.25, 0.3) is 0 Å². The second kappa shape index (κ2) is 14.5. The van der Waals surface area contributed by atoms with Gasteiger partial charge >= 0.3 is 0 Å². The van der Waals surface area contributed by atoms with Crippen LogP contribution >= 0.6 is 0 Å². The Labute approximate surface area is 145 Å². The van der Waals surface area contributed by atoms with Crippen molar-refractivity contribution in [3.63, 3.8) is 0 Å². The van der Waals surface area contributed by atoms with Gasteiger partial charge in [-0.05, 0) is 65.5 Å². The van der Waals surface area contributed by atoms with E-state index in [0.29, 0.717) is 0 Å². The van der Waals surface area contributed by atoms with Gasteiger partial charge < -0.3 is 5.32 Å². The van der Waals surface area contributed by atoms with Gasteiger partial charge in [-0.2, -0.15) is 0 Å². The summed E-state index contributed by atoms with van der Waals surface area (Å²) in [4.78, 5) is 0. The monoisotopic (exact) mass is 317 g/mol. The van der Waals surface area contributed by atoms with E-state index in [1.165, 1.54) is 31.3 Å². The molecule has 1 atom stereocenters. The highest BCUT2D eigenvalue weighted by molar-refractivity contribution is 5.24. The lowest BCUT2D eigenvalue weighted by molar-refractivity contribution is 0.482. The van der Waals surface area contributed by atoms with Gasteiger partial charge in [-0.15, -0.1) is 0 Å². The lowest BCUT2D eigenvalue weighted by Crippen LogP contribution is -2.18. The first kappa shape index (κ1) is 21.9. The third-order valence-electron chi connectivity index (χ3n) is 4.62. The van der Waals surface area contributed by atoms with Gasteiger partial charge in [0.25, 0.3) is 0 Å². The van der Waals surface area contributed by atoms with Gasteiger partial charge in [0.05, 0.1) is 0 Å². The minimum Gasteiger partial charge on any atom is -0.319 e. The minimum atomic E-state index is 0.732. The molecule has 0 fully saturated rings. The van der Waals surface area contributed by atoms with Crippen molar-refractivity contribution in [3.8, 4) is 0 Å². The molecule has 0 saturated heterocycles. The van der Waals surface area contributed by atoms with E-state index in [1.807, 2.05) is 7.05 Å². The predicted octanol–water partition coefficient (Wildman–Crippen LogP) is 6.60. The number of allylic oxidation sites excluding steroid dienone is 8. The van der Waals surface area contributed by atoms with Crippen molar-refractivity contribution in [2.24, 2.45) is 5.92 Å². The summed E-state index contributed by atoms with van der Waals surface area (Å²) in [6.07, 6.45) is 18.4. The third-order valence-corrected chi connectivity index (χ3v) is 4.62. The molecule has 1 heteroatoms. The van der Waals surface area contributed by atoms with Gasteiger partial charge in [0.2, 0.25) is 0 Å². The van der Waals surface area contributed by atoms with E-state index < -0.39 is 0 Å². The van der Waals surface area contributed by atoms with E-state index >= 15 is 0 Å². The molecule has 0 bridgehead atoms. The maximum atomic E-state index is 3.31. The topological polar surface area (TPSA) is 12.0 Å². The van der Waals surface area contributed by atoms with Crippen LogP contribution in [-0.2, 0) is 0 Å². The summed E-state index contributed by atoms with van der Waals surface area (Å²) >= 11 is 0. The van der Waals surface area contributed by atoms with E-state index in [-0.39, 0.29) is 0 Å². The van der Waals surface area contributed by atoms with Crippen molar-refractivity contribution < 1.29 is 0 Å². The molecule has 0 radical (unpaired) electrons. The van der Waals surface area contributed by atoms with E-state index in [1.54, 1.807) is 11.1 Å². The fraction of sp³-hybridized carbons (Fsp3) is 0.636. The van der Waals surface area contributed by atoms with Crippen LogP contribution in [0.3, 0.4) is 0 Å². The molecular formula is C22H39N. The zero-order valence-corrected chi connectivity index (χ0v) is 16.4. The summed E-state index contributed by atoms with van der Waals surface area (Å²) in [5.41, 5.74) is 4.69. The molecule has 0 spiro atoms. The van der Waals surface area contributed by atoms with Crippen LogP contribution in [0.2, 0.25) is 0 Å². The number of hydrogen-bond acceptors (Lipinski definition) is 1. The quantitative estimate of drug-likeness (QED) is 0.316. The first-order valence-corrected chi connectivity index (χ1v) is 9.43. The number of rotatable bonds is 12. The molecule has 0 amide bonds. The van der Waals surface area contributed by atoms with Crippen LogP contribution in [0, 0.1) is 5.92 Å². The molecule has 0 aromatic rings. The lowest BCUT2D eigenvalue weighted by Gasteiger charge is -2.15. The normalized spacial score (nSPS) is 13.9. The molecule has 1 nitrogen and oxygen atoms in total. The van der Waals surface area contributed by atoms with Gasteiger partial charge in [-0.1, -0.05) is 74.3 Å². The van der Waals surface area contributed by atoms with Crippen molar-refractivity contribution in [2.45, 2.75) is 73.1 Å². The summed E-state index contributed by atoms with van der Waals surface area (Å²) < 4.78 is 0. The average Bonchev–Trinajstić information content (AvgIpc) is 2.58. The molecule has 0 aliphatic heterocycles. The van der Waals surface area contributed by atoms with Crippen molar-refractivity contribution in [3.05, 3.63) is 47.1 Å². The maximum absolute atomic E-state index is 3.31. The Kier molecular flexibility index (Phi) is 13.8. The fourth-order valence-electron chi connectivity index (χ4n) is 3.00. The summed E-state index contributed by atoms with van der Waals surface area (Å²) in [6, 6.07) is 0. The highest BCUT2D eigenvalue weighted by Crippen LogP contribution is 2.22. The first-order chi connectivity index (χ1) is 11.2. The van der Waals surface area contributed by atoms with Gasteiger partial charge in [0.1, 0.15) is 0 Å². The van der Waals surface area contributed by atoms with Gasteiger partial charge in [0, 0.05) is 0 Å². The molecule has 1 unspecified atom stereocenters. The zero-order valence-electron chi connectivity index (χ0n) is 16.4. The van der Waals surface area contributed by atoms with Crippen molar-refractivity contribution in [1.82, 2.24) is 5.32 Å².